The maximum atomic E-state index is 12.4. The third-order valence-electron chi connectivity index (χ3n) is 4.03. The van der Waals surface area contributed by atoms with Crippen LogP contribution in [-0.4, -0.2) is 30.3 Å². The highest BCUT2D eigenvalue weighted by molar-refractivity contribution is 6.32. The molecule has 0 aliphatic rings. The van der Waals surface area contributed by atoms with Gasteiger partial charge in [0.15, 0.2) is 11.5 Å². The number of carbonyl (C=O) groups is 1. The van der Waals surface area contributed by atoms with Gasteiger partial charge in [0.05, 0.1) is 24.9 Å². The highest BCUT2D eigenvalue weighted by Gasteiger charge is 2.13. The molecule has 0 aliphatic heterocycles. The van der Waals surface area contributed by atoms with E-state index in [9.17, 15) is 4.79 Å². The van der Waals surface area contributed by atoms with Gasteiger partial charge in [-0.05, 0) is 30.7 Å². The van der Waals surface area contributed by atoms with Gasteiger partial charge < -0.3 is 20.1 Å². The van der Waals surface area contributed by atoms with E-state index >= 15 is 0 Å². The van der Waals surface area contributed by atoms with Crippen molar-refractivity contribution >= 4 is 34.7 Å². The lowest BCUT2D eigenvalue weighted by molar-refractivity contribution is 0.102. The van der Waals surface area contributed by atoms with Gasteiger partial charge in [0.25, 0.3) is 5.91 Å². The van der Waals surface area contributed by atoms with Crippen LogP contribution in [0.25, 0.3) is 0 Å². The monoisotopic (exact) mass is 398 g/mol. The number of nitrogens with one attached hydrogen (secondary N) is 2. The molecule has 3 aromatic rings. The summed E-state index contributed by atoms with van der Waals surface area (Å²) in [5.74, 6) is 1.12. The molecule has 2 N–H and O–H groups in total. The lowest BCUT2D eigenvalue weighted by Gasteiger charge is -2.13. The number of methoxy groups -OCH3 is 2. The van der Waals surface area contributed by atoms with Crippen LogP contribution in [0, 0.1) is 6.92 Å². The molecule has 1 aromatic heterocycles. The fourth-order valence-corrected chi connectivity index (χ4v) is 2.75. The van der Waals surface area contributed by atoms with E-state index in [1.54, 1.807) is 24.3 Å². The molecule has 0 saturated heterocycles. The van der Waals surface area contributed by atoms with Gasteiger partial charge >= 0.3 is 0 Å². The fourth-order valence-electron chi connectivity index (χ4n) is 2.52. The number of rotatable bonds is 6. The van der Waals surface area contributed by atoms with E-state index in [4.69, 9.17) is 21.1 Å². The summed E-state index contributed by atoms with van der Waals surface area (Å²) in [5, 5.41) is 14.4. The fraction of sp³-hybridized carbons (Fsp3) is 0.150. The molecule has 0 spiro atoms. The number of halogens is 1. The minimum absolute atomic E-state index is 0.203. The van der Waals surface area contributed by atoms with E-state index in [-0.39, 0.29) is 11.6 Å². The first-order chi connectivity index (χ1) is 13.5. The molecule has 1 amide bonds. The standard InChI is InChI=1S/C20H19ClN4O3/c1-12-6-4-5-7-14(12)23-20(26)15-8-9-19(25-24-15)22-16-11-17(27-2)13(21)10-18(16)28-3/h4-11H,1-3H3,(H,22,25)(H,23,26). The second-order valence-corrected chi connectivity index (χ2v) is 6.29. The summed E-state index contributed by atoms with van der Waals surface area (Å²) in [4.78, 5) is 12.4. The Bertz CT molecular complexity index is 993. The average Bonchev–Trinajstić information content (AvgIpc) is 2.71. The summed E-state index contributed by atoms with van der Waals surface area (Å²) in [7, 11) is 3.06. The number of anilines is 3. The highest BCUT2D eigenvalue weighted by atomic mass is 35.5. The Hall–Kier alpha value is -3.32. The summed E-state index contributed by atoms with van der Waals surface area (Å²) in [6.07, 6.45) is 0. The van der Waals surface area contributed by atoms with Gasteiger partial charge in [0.1, 0.15) is 11.5 Å². The van der Waals surface area contributed by atoms with Crippen molar-refractivity contribution in [2.45, 2.75) is 6.92 Å². The van der Waals surface area contributed by atoms with Crippen LogP contribution in [0.3, 0.4) is 0 Å². The Labute approximate surface area is 167 Å². The summed E-state index contributed by atoms with van der Waals surface area (Å²) in [5.41, 5.74) is 2.50. The van der Waals surface area contributed by atoms with Gasteiger partial charge in [0, 0.05) is 17.8 Å². The average molecular weight is 399 g/mol. The second-order valence-electron chi connectivity index (χ2n) is 5.88. The Kier molecular flexibility index (Phi) is 5.96. The Morgan fingerprint density at radius 1 is 0.964 bits per heavy atom. The number of hydrogen-bond donors (Lipinski definition) is 2. The number of aromatic nitrogens is 2. The van der Waals surface area contributed by atoms with Crippen molar-refractivity contribution in [3.05, 3.63) is 64.8 Å². The van der Waals surface area contributed by atoms with Crippen LogP contribution in [0.2, 0.25) is 5.02 Å². The van der Waals surface area contributed by atoms with E-state index in [0.29, 0.717) is 28.0 Å². The number of aryl methyl sites for hydroxylation is 1. The third-order valence-corrected chi connectivity index (χ3v) is 4.32. The molecule has 144 valence electrons. The zero-order valence-electron chi connectivity index (χ0n) is 15.6. The molecule has 0 saturated carbocycles. The quantitative estimate of drug-likeness (QED) is 0.638. The highest BCUT2D eigenvalue weighted by Crippen LogP contribution is 2.36. The van der Waals surface area contributed by atoms with Crippen LogP contribution in [0.4, 0.5) is 17.2 Å². The van der Waals surface area contributed by atoms with Crippen molar-refractivity contribution in [2.75, 3.05) is 24.9 Å². The molecule has 3 rings (SSSR count). The molecule has 7 nitrogen and oxygen atoms in total. The minimum Gasteiger partial charge on any atom is -0.495 e. The van der Waals surface area contributed by atoms with E-state index in [0.717, 1.165) is 11.3 Å². The first-order valence-corrected chi connectivity index (χ1v) is 8.79. The minimum atomic E-state index is -0.334. The van der Waals surface area contributed by atoms with E-state index < -0.39 is 0 Å². The van der Waals surface area contributed by atoms with E-state index in [1.165, 1.54) is 14.2 Å². The Balaban J connectivity index is 1.76. The van der Waals surface area contributed by atoms with Gasteiger partial charge in [-0.25, -0.2) is 0 Å². The topological polar surface area (TPSA) is 85.4 Å². The SMILES string of the molecule is COc1cc(Nc2ccc(C(=O)Nc3ccccc3C)nn2)c(OC)cc1Cl. The van der Waals surface area contributed by atoms with Crippen LogP contribution >= 0.6 is 11.6 Å². The van der Waals surface area contributed by atoms with Crippen LogP contribution in [-0.2, 0) is 0 Å². The van der Waals surface area contributed by atoms with Crippen molar-refractivity contribution in [2.24, 2.45) is 0 Å². The van der Waals surface area contributed by atoms with Crippen LogP contribution in [0.15, 0.2) is 48.5 Å². The summed E-state index contributed by atoms with van der Waals surface area (Å²) in [6.45, 7) is 1.92. The van der Waals surface area contributed by atoms with E-state index in [1.807, 2.05) is 31.2 Å². The van der Waals surface area contributed by atoms with Crippen LogP contribution < -0.4 is 20.1 Å². The van der Waals surface area contributed by atoms with Gasteiger partial charge in [-0.3, -0.25) is 4.79 Å². The number of amides is 1. The summed E-state index contributed by atoms with van der Waals surface area (Å²) >= 11 is 6.11. The molecule has 1 heterocycles. The maximum Gasteiger partial charge on any atom is 0.276 e. The lowest BCUT2D eigenvalue weighted by Crippen LogP contribution is -2.15. The molecule has 8 heteroatoms. The number of hydrogen-bond acceptors (Lipinski definition) is 6. The third kappa shape index (κ3) is 4.32. The van der Waals surface area contributed by atoms with Crippen molar-refractivity contribution in [1.82, 2.24) is 10.2 Å². The normalized spacial score (nSPS) is 10.3. The van der Waals surface area contributed by atoms with Gasteiger partial charge in [-0.1, -0.05) is 29.8 Å². The van der Waals surface area contributed by atoms with Gasteiger partial charge in [-0.2, -0.15) is 0 Å². The lowest BCUT2D eigenvalue weighted by atomic mass is 10.2. The number of para-hydroxylation sites is 1. The predicted molar refractivity (Wildman–Crippen MR) is 109 cm³/mol. The Morgan fingerprint density at radius 3 is 2.36 bits per heavy atom. The van der Waals surface area contributed by atoms with Crippen molar-refractivity contribution in [3.8, 4) is 11.5 Å². The van der Waals surface area contributed by atoms with Gasteiger partial charge in [-0.15, -0.1) is 10.2 Å². The van der Waals surface area contributed by atoms with E-state index in [2.05, 4.69) is 20.8 Å². The molecule has 0 atom stereocenters. The zero-order valence-corrected chi connectivity index (χ0v) is 16.4. The maximum absolute atomic E-state index is 12.4. The first kappa shape index (κ1) is 19.4. The van der Waals surface area contributed by atoms with Crippen molar-refractivity contribution in [3.63, 3.8) is 0 Å². The van der Waals surface area contributed by atoms with Crippen LogP contribution in [0.1, 0.15) is 16.1 Å². The summed E-state index contributed by atoms with van der Waals surface area (Å²) < 4.78 is 10.5. The predicted octanol–water partition coefficient (Wildman–Crippen LogP) is 4.45. The molecule has 0 bridgehead atoms. The molecule has 28 heavy (non-hydrogen) atoms. The molecule has 2 aromatic carbocycles. The molecule has 0 radical (unpaired) electrons. The van der Waals surface area contributed by atoms with Crippen molar-refractivity contribution in [1.29, 1.82) is 0 Å². The van der Waals surface area contributed by atoms with Crippen LogP contribution in [0.5, 0.6) is 11.5 Å². The largest absolute Gasteiger partial charge is 0.495 e. The molecular weight excluding hydrogens is 380 g/mol. The Morgan fingerprint density at radius 2 is 1.71 bits per heavy atom. The molecule has 0 aliphatic carbocycles. The van der Waals surface area contributed by atoms with Crippen molar-refractivity contribution < 1.29 is 14.3 Å². The number of benzene rings is 2. The number of carbonyl (C=O) groups excluding carboxylic acids is 1. The van der Waals surface area contributed by atoms with Gasteiger partial charge in [0.2, 0.25) is 0 Å². The molecule has 0 fully saturated rings. The molecule has 0 unspecified atom stereocenters. The first-order valence-electron chi connectivity index (χ1n) is 8.41. The summed E-state index contributed by atoms with van der Waals surface area (Å²) in [6, 6.07) is 14.1. The molecular formula is C20H19ClN4O3. The smallest absolute Gasteiger partial charge is 0.276 e. The second kappa shape index (κ2) is 8.58. The number of nitrogens with zero attached hydrogens (tertiary/aromatic N) is 2. The number of ether oxygens (including phenoxy) is 2. The zero-order chi connectivity index (χ0) is 20.1.